The lowest BCUT2D eigenvalue weighted by Crippen LogP contribution is -2.61. The van der Waals surface area contributed by atoms with Crippen molar-refractivity contribution in [3.8, 4) is 0 Å². The van der Waals surface area contributed by atoms with Crippen molar-refractivity contribution in [3.05, 3.63) is 34.9 Å². The number of benzene rings is 1. The van der Waals surface area contributed by atoms with Crippen molar-refractivity contribution in [2.75, 3.05) is 13.1 Å². The zero-order chi connectivity index (χ0) is 18.7. The number of fused-ring (bicyclic) bond motifs is 3. The van der Waals surface area contributed by atoms with Crippen molar-refractivity contribution in [1.82, 2.24) is 15.1 Å². The molecule has 7 heteroatoms. The lowest BCUT2D eigenvalue weighted by molar-refractivity contribution is -0.136. The van der Waals surface area contributed by atoms with Crippen LogP contribution in [-0.2, 0) is 22.7 Å². The van der Waals surface area contributed by atoms with E-state index in [1.807, 2.05) is 18.2 Å². The van der Waals surface area contributed by atoms with Crippen molar-refractivity contribution >= 4 is 17.7 Å². The quantitative estimate of drug-likeness (QED) is 0.745. The highest BCUT2D eigenvalue weighted by atomic mass is 16.2. The van der Waals surface area contributed by atoms with Crippen molar-refractivity contribution in [2.24, 2.45) is 17.6 Å². The summed E-state index contributed by atoms with van der Waals surface area (Å²) in [5.41, 5.74) is 8.91. The van der Waals surface area contributed by atoms with Gasteiger partial charge < -0.3 is 10.6 Å². The van der Waals surface area contributed by atoms with Gasteiger partial charge in [-0.1, -0.05) is 18.2 Å². The molecule has 1 aliphatic carbocycles. The Kier molecular flexibility index (Phi) is 3.84. The summed E-state index contributed by atoms with van der Waals surface area (Å²) in [7, 11) is 0. The number of amides is 3. The van der Waals surface area contributed by atoms with E-state index < -0.39 is 6.04 Å². The van der Waals surface area contributed by atoms with Gasteiger partial charge in [0.2, 0.25) is 11.8 Å². The Morgan fingerprint density at radius 3 is 2.63 bits per heavy atom. The van der Waals surface area contributed by atoms with Crippen molar-refractivity contribution in [1.29, 1.82) is 0 Å². The van der Waals surface area contributed by atoms with E-state index in [4.69, 9.17) is 5.73 Å². The number of rotatable bonds is 3. The molecule has 1 aromatic rings. The first-order valence-corrected chi connectivity index (χ1v) is 9.74. The maximum absolute atomic E-state index is 13.1. The molecule has 5 aliphatic rings. The Hall–Kier alpha value is -2.25. The second kappa shape index (κ2) is 6.14. The van der Waals surface area contributed by atoms with Gasteiger partial charge in [0.25, 0.3) is 5.91 Å². The van der Waals surface area contributed by atoms with Crippen LogP contribution in [0, 0.1) is 11.8 Å². The number of imide groups is 1. The molecule has 3 N–H and O–H groups in total. The molecular formula is C20H24N4O3. The second-order valence-electron chi connectivity index (χ2n) is 8.38. The Morgan fingerprint density at radius 2 is 1.93 bits per heavy atom. The first-order chi connectivity index (χ1) is 13.0. The molecule has 1 aromatic carbocycles. The molecule has 7 nitrogen and oxygen atoms in total. The van der Waals surface area contributed by atoms with Gasteiger partial charge in [-0.15, -0.1) is 0 Å². The first-order valence-electron chi connectivity index (χ1n) is 9.74. The van der Waals surface area contributed by atoms with E-state index >= 15 is 0 Å². The number of nitrogens with zero attached hydrogens (tertiary/aromatic N) is 2. The number of carbonyl (C=O) groups is 3. The maximum Gasteiger partial charge on any atom is 0.255 e. The highest BCUT2D eigenvalue weighted by molar-refractivity contribution is 6.05. The van der Waals surface area contributed by atoms with Gasteiger partial charge in [-0.05, 0) is 35.8 Å². The van der Waals surface area contributed by atoms with Gasteiger partial charge in [0.05, 0.1) is 0 Å². The molecule has 0 aromatic heterocycles. The van der Waals surface area contributed by atoms with Gasteiger partial charge >= 0.3 is 0 Å². The minimum Gasteiger partial charge on any atom is -0.327 e. The summed E-state index contributed by atoms with van der Waals surface area (Å²) >= 11 is 0. The third kappa shape index (κ3) is 2.68. The summed E-state index contributed by atoms with van der Waals surface area (Å²) in [6, 6.07) is 5.76. The molecule has 0 radical (unpaired) electrons. The molecule has 142 valence electrons. The fourth-order valence-electron chi connectivity index (χ4n) is 5.21. The summed E-state index contributed by atoms with van der Waals surface area (Å²) in [5, 5.41) is 2.36. The lowest BCUT2D eigenvalue weighted by atomic mass is 9.66. The molecule has 3 amide bonds. The number of hydrogen-bond acceptors (Lipinski definition) is 5. The van der Waals surface area contributed by atoms with Crippen LogP contribution < -0.4 is 11.1 Å². The average Bonchev–Trinajstić information content (AvgIpc) is 2.99. The number of hydrogen-bond donors (Lipinski definition) is 2. The van der Waals surface area contributed by atoms with Crippen molar-refractivity contribution in [2.45, 2.75) is 44.4 Å². The van der Waals surface area contributed by atoms with E-state index in [2.05, 4.69) is 10.2 Å². The summed E-state index contributed by atoms with van der Waals surface area (Å²) in [4.78, 5) is 40.8. The Balaban J connectivity index is 1.35. The third-order valence-electron chi connectivity index (χ3n) is 6.71. The van der Waals surface area contributed by atoms with Crippen LogP contribution in [0.1, 0.15) is 40.7 Å². The van der Waals surface area contributed by atoms with Crippen LogP contribution in [-0.4, -0.2) is 52.7 Å². The second-order valence-corrected chi connectivity index (χ2v) is 8.38. The van der Waals surface area contributed by atoms with Crippen LogP contribution in [0.5, 0.6) is 0 Å². The van der Waals surface area contributed by atoms with Crippen LogP contribution in [0.15, 0.2) is 18.2 Å². The molecule has 4 aliphatic heterocycles. The molecule has 2 bridgehead atoms. The zero-order valence-corrected chi connectivity index (χ0v) is 15.2. The van der Waals surface area contributed by atoms with Gasteiger partial charge in [0.15, 0.2) is 0 Å². The summed E-state index contributed by atoms with van der Waals surface area (Å²) in [5.74, 6) is 0.448. The first kappa shape index (κ1) is 16.9. The van der Waals surface area contributed by atoms with Crippen molar-refractivity contribution < 1.29 is 14.4 Å². The van der Waals surface area contributed by atoms with Crippen LogP contribution in [0.3, 0.4) is 0 Å². The van der Waals surface area contributed by atoms with E-state index in [0.29, 0.717) is 30.8 Å². The largest absolute Gasteiger partial charge is 0.327 e. The predicted molar refractivity (Wildman–Crippen MR) is 97.3 cm³/mol. The van der Waals surface area contributed by atoms with E-state index in [0.717, 1.165) is 36.3 Å². The smallest absolute Gasteiger partial charge is 0.255 e. The number of nitrogens with two attached hydrogens (primary N) is 1. The van der Waals surface area contributed by atoms with E-state index in [9.17, 15) is 14.4 Å². The van der Waals surface area contributed by atoms with Gasteiger partial charge in [-0.25, -0.2) is 0 Å². The monoisotopic (exact) mass is 368 g/mol. The minimum atomic E-state index is -0.559. The molecule has 6 rings (SSSR count). The summed E-state index contributed by atoms with van der Waals surface area (Å²) in [6.45, 7) is 3.17. The molecule has 3 unspecified atom stereocenters. The van der Waals surface area contributed by atoms with E-state index in [1.165, 1.54) is 6.42 Å². The van der Waals surface area contributed by atoms with Crippen LogP contribution in [0.2, 0.25) is 0 Å². The minimum absolute atomic E-state index is 0.0889. The van der Waals surface area contributed by atoms with Crippen LogP contribution in [0.25, 0.3) is 0 Å². The van der Waals surface area contributed by atoms with Gasteiger partial charge in [0, 0.05) is 44.2 Å². The highest BCUT2D eigenvalue weighted by Crippen LogP contribution is 2.39. The molecule has 3 saturated heterocycles. The highest BCUT2D eigenvalue weighted by Gasteiger charge is 2.45. The van der Waals surface area contributed by atoms with E-state index in [1.54, 1.807) is 4.90 Å². The normalized spacial score (nSPS) is 32.9. The van der Waals surface area contributed by atoms with Gasteiger partial charge in [-0.2, -0.15) is 0 Å². The zero-order valence-electron chi connectivity index (χ0n) is 15.2. The van der Waals surface area contributed by atoms with E-state index in [-0.39, 0.29) is 24.1 Å². The molecule has 1 saturated carbocycles. The molecular weight excluding hydrogens is 344 g/mol. The summed E-state index contributed by atoms with van der Waals surface area (Å²) < 4.78 is 0. The SMILES string of the molecule is NC1C2CC1CN(Cc1cccc3c1C(=O)N(C1CCC(=O)NC1=O)C3)C2. The number of nitrogens with one attached hydrogen (secondary N) is 1. The van der Waals surface area contributed by atoms with Crippen molar-refractivity contribution in [3.63, 3.8) is 0 Å². The Morgan fingerprint density at radius 1 is 1.15 bits per heavy atom. The number of carbonyl (C=O) groups excluding carboxylic acids is 3. The molecule has 3 atom stereocenters. The fraction of sp³-hybridized carbons (Fsp3) is 0.550. The molecule has 27 heavy (non-hydrogen) atoms. The predicted octanol–water partition coefficient (Wildman–Crippen LogP) is 0.227. The van der Waals surface area contributed by atoms with Crippen LogP contribution >= 0.6 is 0 Å². The standard InChI is InChI=1S/C20H24N4O3/c21-18-13-6-14(18)9-23(8-13)7-11-2-1-3-12-10-24(20(27)17(11)12)15-4-5-16(25)22-19(15)26/h1-3,13-15,18H,4-10,21H2,(H,22,25,26). The fourth-order valence-corrected chi connectivity index (χ4v) is 5.21. The topological polar surface area (TPSA) is 95.7 Å². The Bertz CT molecular complexity index is 827. The number of piperidine rings is 3. The molecule has 4 heterocycles. The summed E-state index contributed by atoms with van der Waals surface area (Å²) in [6.07, 6.45) is 1.90. The average molecular weight is 368 g/mol. The van der Waals surface area contributed by atoms with Crippen LogP contribution in [0.4, 0.5) is 0 Å². The lowest BCUT2D eigenvalue weighted by Gasteiger charge is -2.52. The third-order valence-corrected chi connectivity index (χ3v) is 6.71. The van der Waals surface area contributed by atoms with Gasteiger partial charge in [-0.3, -0.25) is 24.6 Å². The van der Waals surface area contributed by atoms with Gasteiger partial charge in [0.1, 0.15) is 6.04 Å². The molecule has 4 fully saturated rings. The Labute approximate surface area is 157 Å². The maximum atomic E-state index is 13.1. The molecule has 0 spiro atoms.